The fourth-order valence-electron chi connectivity index (χ4n) is 1.97. The van der Waals surface area contributed by atoms with Crippen molar-refractivity contribution in [3.05, 3.63) is 12.4 Å². The van der Waals surface area contributed by atoms with Crippen LogP contribution in [0.2, 0.25) is 0 Å². The Morgan fingerprint density at radius 3 is 2.89 bits per heavy atom. The molecule has 0 spiro atoms. The van der Waals surface area contributed by atoms with Crippen LogP contribution in [0.5, 0.6) is 0 Å². The van der Waals surface area contributed by atoms with Crippen molar-refractivity contribution in [2.45, 2.75) is 19.3 Å². The summed E-state index contributed by atoms with van der Waals surface area (Å²) in [6, 6.07) is 1.87. The zero-order chi connectivity index (χ0) is 12.8. The Kier molecular flexibility index (Phi) is 4.33. The number of methoxy groups -OCH3 is 1. The fourth-order valence-corrected chi connectivity index (χ4v) is 1.97. The zero-order valence-corrected chi connectivity index (χ0v) is 10.6. The van der Waals surface area contributed by atoms with E-state index < -0.39 is 0 Å². The van der Waals surface area contributed by atoms with Crippen LogP contribution in [0, 0.1) is 0 Å². The Bertz CT molecular complexity index is 405. The molecule has 6 heteroatoms. The van der Waals surface area contributed by atoms with E-state index in [2.05, 4.69) is 24.9 Å². The van der Waals surface area contributed by atoms with Gasteiger partial charge in [-0.1, -0.05) is 0 Å². The number of hydrogen-bond donors (Lipinski definition) is 1. The molecule has 6 nitrogen and oxygen atoms in total. The van der Waals surface area contributed by atoms with Crippen molar-refractivity contribution in [1.29, 1.82) is 0 Å². The molecule has 0 amide bonds. The summed E-state index contributed by atoms with van der Waals surface area (Å²) in [4.78, 5) is 21.6. The zero-order valence-electron chi connectivity index (χ0n) is 10.6. The van der Waals surface area contributed by atoms with Crippen LogP contribution in [-0.2, 0) is 9.53 Å². The number of ether oxygens (including phenoxy) is 1. The van der Waals surface area contributed by atoms with Gasteiger partial charge in [0, 0.05) is 19.2 Å². The molecule has 2 heterocycles. The van der Waals surface area contributed by atoms with Gasteiger partial charge in [-0.3, -0.25) is 4.79 Å². The van der Waals surface area contributed by atoms with E-state index >= 15 is 0 Å². The molecule has 0 radical (unpaired) electrons. The van der Waals surface area contributed by atoms with Gasteiger partial charge < -0.3 is 15.0 Å². The summed E-state index contributed by atoms with van der Waals surface area (Å²) >= 11 is 0. The van der Waals surface area contributed by atoms with Crippen LogP contribution >= 0.6 is 0 Å². The number of piperidine rings is 1. The van der Waals surface area contributed by atoms with Gasteiger partial charge in [-0.15, -0.1) is 0 Å². The number of nitrogens with zero attached hydrogens (tertiary/aromatic N) is 3. The van der Waals surface area contributed by atoms with Gasteiger partial charge >= 0.3 is 5.97 Å². The molecule has 18 heavy (non-hydrogen) atoms. The largest absolute Gasteiger partial charge is 0.468 e. The fraction of sp³-hybridized carbons (Fsp3) is 0.583. The first-order valence-electron chi connectivity index (χ1n) is 6.17. The van der Waals surface area contributed by atoms with Crippen molar-refractivity contribution in [2.75, 3.05) is 37.0 Å². The number of carbonyl (C=O) groups is 1. The van der Waals surface area contributed by atoms with Crippen LogP contribution in [0.3, 0.4) is 0 Å². The second-order valence-corrected chi connectivity index (χ2v) is 4.24. The van der Waals surface area contributed by atoms with Crippen LogP contribution in [0.15, 0.2) is 12.4 Å². The minimum absolute atomic E-state index is 0.118. The van der Waals surface area contributed by atoms with E-state index in [1.54, 1.807) is 0 Å². The van der Waals surface area contributed by atoms with Crippen LogP contribution in [0.4, 0.5) is 11.6 Å². The van der Waals surface area contributed by atoms with Gasteiger partial charge in [-0.2, -0.15) is 0 Å². The lowest BCUT2D eigenvalue weighted by Gasteiger charge is -2.27. The number of aromatic nitrogens is 2. The van der Waals surface area contributed by atoms with Gasteiger partial charge in [-0.05, 0) is 19.3 Å². The molecule has 0 atom stereocenters. The van der Waals surface area contributed by atoms with E-state index in [9.17, 15) is 4.79 Å². The van der Waals surface area contributed by atoms with Crippen LogP contribution in [-0.4, -0.2) is 42.7 Å². The summed E-state index contributed by atoms with van der Waals surface area (Å²) in [5, 5.41) is 2.92. The molecule has 0 aliphatic carbocycles. The summed E-state index contributed by atoms with van der Waals surface area (Å²) in [6.45, 7) is 2.19. The quantitative estimate of drug-likeness (QED) is 0.806. The van der Waals surface area contributed by atoms with Crippen molar-refractivity contribution in [1.82, 2.24) is 9.97 Å². The third kappa shape index (κ3) is 3.32. The van der Waals surface area contributed by atoms with Gasteiger partial charge in [0.2, 0.25) is 0 Å². The van der Waals surface area contributed by atoms with Crippen molar-refractivity contribution in [3.63, 3.8) is 0 Å². The highest BCUT2D eigenvalue weighted by atomic mass is 16.5. The third-order valence-corrected chi connectivity index (χ3v) is 2.97. The minimum Gasteiger partial charge on any atom is -0.468 e. The first-order valence-corrected chi connectivity index (χ1v) is 6.17. The first kappa shape index (κ1) is 12.6. The lowest BCUT2D eigenvalue weighted by Crippen LogP contribution is -2.30. The number of esters is 1. The SMILES string of the molecule is COC(=O)CNc1cc(N2CCCCC2)ncn1. The number of anilines is 2. The predicted molar refractivity (Wildman–Crippen MR) is 68.6 cm³/mol. The second-order valence-electron chi connectivity index (χ2n) is 4.24. The number of nitrogens with one attached hydrogen (secondary N) is 1. The molecular formula is C12H18N4O2. The maximum atomic E-state index is 11.0. The Balaban J connectivity index is 1.98. The predicted octanol–water partition coefficient (Wildman–Crippen LogP) is 1.05. The monoisotopic (exact) mass is 250 g/mol. The molecule has 1 fully saturated rings. The lowest BCUT2D eigenvalue weighted by molar-refractivity contribution is -0.138. The van der Waals surface area contributed by atoms with E-state index in [1.165, 1.54) is 32.7 Å². The van der Waals surface area contributed by atoms with Crippen LogP contribution < -0.4 is 10.2 Å². The average molecular weight is 250 g/mol. The van der Waals surface area contributed by atoms with Gasteiger partial charge in [-0.25, -0.2) is 9.97 Å². The van der Waals surface area contributed by atoms with Gasteiger partial charge in [0.05, 0.1) is 7.11 Å². The molecule has 1 N–H and O–H groups in total. The minimum atomic E-state index is -0.312. The van der Waals surface area contributed by atoms with E-state index in [0.29, 0.717) is 5.82 Å². The van der Waals surface area contributed by atoms with E-state index in [-0.39, 0.29) is 12.5 Å². The summed E-state index contributed by atoms with van der Waals surface area (Å²) in [5.74, 6) is 1.25. The van der Waals surface area contributed by atoms with Crippen LogP contribution in [0.1, 0.15) is 19.3 Å². The van der Waals surface area contributed by atoms with Crippen molar-refractivity contribution < 1.29 is 9.53 Å². The Hall–Kier alpha value is -1.85. The molecule has 1 aromatic rings. The summed E-state index contributed by atoms with van der Waals surface area (Å²) in [6.07, 6.45) is 5.21. The highest BCUT2D eigenvalue weighted by Crippen LogP contribution is 2.18. The second kappa shape index (κ2) is 6.18. The lowest BCUT2D eigenvalue weighted by atomic mass is 10.1. The highest BCUT2D eigenvalue weighted by Gasteiger charge is 2.12. The van der Waals surface area contributed by atoms with Gasteiger partial charge in [0.15, 0.2) is 0 Å². The molecule has 0 saturated carbocycles. The Labute approximate surface area is 106 Å². The standard InChI is InChI=1S/C12H18N4O2/c1-18-12(17)8-13-10-7-11(15-9-14-10)16-5-3-2-4-6-16/h7,9H,2-6,8H2,1H3,(H,13,14,15). The average Bonchev–Trinajstić information content (AvgIpc) is 2.46. The molecule has 2 rings (SSSR count). The molecule has 1 saturated heterocycles. The molecule has 1 aliphatic rings. The maximum absolute atomic E-state index is 11.0. The molecule has 1 aromatic heterocycles. The Morgan fingerprint density at radius 2 is 2.17 bits per heavy atom. The van der Waals surface area contributed by atoms with E-state index in [4.69, 9.17) is 0 Å². The van der Waals surface area contributed by atoms with Gasteiger partial charge in [0.25, 0.3) is 0 Å². The summed E-state index contributed by atoms with van der Waals surface area (Å²) in [5.41, 5.74) is 0. The summed E-state index contributed by atoms with van der Waals surface area (Å²) in [7, 11) is 1.36. The third-order valence-electron chi connectivity index (χ3n) is 2.97. The van der Waals surface area contributed by atoms with Crippen molar-refractivity contribution >= 4 is 17.6 Å². The van der Waals surface area contributed by atoms with Crippen LogP contribution in [0.25, 0.3) is 0 Å². The smallest absolute Gasteiger partial charge is 0.325 e. The molecule has 0 bridgehead atoms. The molecular weight excluding hydrogens is 232 g/mol. The number of hydrogen-bond acceptors (Lipinski definition) is 6. The van der Waals surface area contributed by atoms with Crippen molar-refractivity contribution in [3.8, 4) is 0 Å². The number of carbonyl (C=O) groups excluding carboxylic acids is 1. The molecule has 1 aliphatic heterocycles. The van der Waals surface area contributed by atoms with E-state index in [1.807, 2.05) is 6.07 Å². The van der Waals surface area contributed by atoms with E-state index in [0.717, 1.165) is 18.9 Å². The summed E-state index contributed by atoms with van der Waals surface area (Å²) < 4.78 is 4.56. The molecule has 0 aromatic carbocycles. The maximum Gasteiger partial charge on any atom is 0.325 e. The molecule has 0 unspecified atom stereocenters. The normalized spacial score (nSPS) is 15.3. The highest BCUT2D eigenvalue weighted by molar-refractivity contribution is 5.74. The first-order chi connectivity index (χ1) is 8.79. The number of rotatable bonds is 4. The van der Waals surface area contributed by atoms with Crippen molar-refractivity contribution in [2.24, 2.45) is 0 Å². The molecule has 98 valence electrons. The Morgan fingerprint density at radius 1 is 1.39 bits per heavy atom. The van der Waals surface area contributed by atoms with Gasteiger partial charge in [0.1, 0.15) is 24.5 Å². The topological polar surface area (TPSA) is 67.3 Å².